The van der Waals surface area contributed by atoms with Crippen LogP contribution in [0.25, 0.3) is 0 Å². The number of pyridine rings is 1. The second-order valence-corrected chi connectivity index (χ2v) is 12.1. The second-order valence-electron chi connectivity index (χ2n) is 10.4. The maximum atomic E-state index is 13.5. The van der Waals surface area contributed by atoms with Crippen LogP contribution in [0.2, 0.25) is 0 Å². The van der Waals surface area contributed by atoms with E-state index >= 15 is 0 Å². The lowest BCUT2D eigenvalue weighted by molar-refractivity contribution is -0.158. The zero-order valence-electron chi connectivity index (χ0n) is 21.1. The first-order chi connectivity index (χ1) is 17.1. The average Bonchev–Trinajstić information content (AvgIpc) is 3.41. The molecule has 1 saturated heterocycles. The van der Waals surface area contributed by atoms with Crippen molar-refractivity contribution in [3.05, 3.63) is 59.8 Å². The van der Waals surface area contributed by atoms with Crippen molar-refractivity contribution < 1.29 is 31.1 Å². The molecule has 1 aliphatic carbocycles. The van der Waals surface area contributed by atoms with Crippen molar-refractivity contribution in [2.24, 2.45) is 5.92 Å². The maximum absolute atomic E-state index is 13.5. The van der Waals surface area contributed by atoms with Gasteiger partial charge in [0.2, 0.25) is 0 Å². The van der Waals surface area contributed by atoms with Gasteiger partial charge in [-0.05, 0) is 44.4 Å². The van der Waals surface area contributed by atoms with E-state index in [-0.39, 0.29) is 32.1 Å². The SMILES string of the molecule is CC1[C@H](c2ccccc2)[C@]1(NS(=O)(=O)N1CCN(c2ccc(C(F)(F)F)cn2)CC1)C(=O)OC(C)(C)C. The summed E-state index contributed by atoms with van der Waals surface area (Å²) in [6.45, 7) is 7.62. The van der Waals surface area contributed by atoms with E-state index < -0.39 is 45.0 Å². The summed E-state index contributed by atoms with van der Waals surface area (Å²) in [4.78, 5) is 19.0. The lowest BCUT2D eigenvalue weighted by Crippen LogP contribution is -2.57. The summed E-state index contributed by atoms with van der Waals surface area (Å²) in [6, 6.07) is 11.5. The third-order valence-electron chi connectivity index (χ3n) is 6.77. The van der Waals surface area contributed by atoms with Crippen molar-refractivity contribution in [1.29, 1.82) is 0 Å². The van der Waals surface area contributed by atoms with Gasteiger partial charge in [-0.15, -0.1) is 0 Å². The fourth-order valence-corrected chi connectivity index (χ4v) is 6.42. The van der Waals surface area contributed by atoms with Crippen LogP contribution in [0.3, 0.4) is 0 Å². The number of alkyl halides is 3. The van der Waals surface area contributed by atoms with E-state index in [0.717, 1.165) is 17.8 Å². The van der Waals surface area contributed by atoms with Crippen LogP contribution >= 0.6 is 0 Å². The molecule has 0 radical (unpaired) electrons. The van der Waals surface area contributed by atoms with Crippen LogP contribution in [-0.2, 0) is 25.9 Å². The Hall–Kier alpha value is -2.70. The number of esters is 1. The molecule has 1 saturated carbocycles. The molecule has 0 spiro atoms. The number of hydrogen-bond donors (Lipinski definition) is 1. The largest absolute Gasteiger partial charge is 0.459 e. The molecule has 1 aromatic carbocycles. The highest BCUT2D eigenvalue weighted by atomic mass is 32.2. The predicted octanol–water partition coefficient (Wildman–Crippen LogP) is 3.57. The Kier molecular flexibility index (Phi) is 7.06. The number of benzene rings is 1. The molecule has 202 valence electrons. The highest BCUT2D eigenvalue weighted by Gasteiger charge is 2.71. The molecule has 1 unspecified atom stereocenters. The van der Waals surface area contributed by atoms with Gasteiger partial charge in [-0.3, -0.25) is 0 Å². The highest BCUT2D eigenvalue weighted by molar-refractivity contribution is 7.87. The minimum atomic E-state index is -4.48. The number of halogens is 3. The topological polar surface area (TPSA) is 91.8 Å². The number of carbonyl (C=O) groups is 1. The fourth-order valence-electron chi connectivity index (χ4n) is 4.82. The van der Waals surface area contributed by atoms with E-state index in [4.69, 9.17) is 4.74 Å². The Morgan fingerprint density at radius 1 is 1.05 bits per heavy atom. The van der Waals surface area contributed by atoms with Gasteiger partial charge in [0.25, 0.3) is 10.2 Å². The van der Waals surface area contributed by atoms with Crippen molar-refractivity contribution in [1.82, 2.24) is 14.0 Å². The van der Waals surface area contributed by atoms with Gasteiger partial charge in [-0.1, -0.05) is 37.3 Å². The summed E-state index contributed by atoms with van der Waals surface area (Å²) >= 11 is 0. The number of nitrogens with one attached hydrogen (secondary N) is 1. The third-order valence-corrected chi connectivity index (χ3v) is 8.41. The number of anilines is 1. The second kappa shape index (κ2) is 9.55. The molecule has 1 aliphatic heterocycles. The van der Waals surface area contributed by atoms with E-state index in [9.17, 15) is 26.4 Å². The number of ether oxygens (including phenoxy) is 1. The minimum Gasteiger partial charge on any atom is -0.459 e. The van der Waals surface area contributed by atoms with Gasteiger partial charge < -0.3 is 9.64 Å². The molecule has 37 heavy (non-hydrogen) atoms. The van der Waals surface area contributed by atoms with Gasteiger partial charge in [0.15, 0.2) is 0 Å². The van der Waals surface area contributed by atoms with E-state index in [2.05, 4.69) is 9.71 Å². The van der Waals surface area contributed by atoms with E-state index in [1.165, 1.54) is 10.4 Å². The summed E-state index contributed by atoms with van der Waals surface area (Å²) in [6.07, 6.45) is -3.71. The first-order valence-corrected chi connectivity index (χ1v) is 13.4. The van der Waals surface area contributed by atoms with Gasteiger partial charge in [-0.2, -0.15) is 30.6 Å². The monoisotopic (exact) mass is 540 g/mol. The predicted molar refractivity (Wildman–Crippen MR) is 132 cm³/mol. The number of carbonyl (C=O) groups excluding carboxylic acids is 1. The van der Waals surface area contributed by atoms with Crippen molar-refractivity contribution in [2.75, 3.05) is 31.1 Å². The molecule has 2 fully saturated rings. The number of rotatable bonds is 6. The zero-order chi connectivity index (χ0) is 27.2. The highest BCUT2D eigenvalue weighted by Crippen LogP contribution is 2.58. The molecular formula is C25H31F3N4O4S. The molecule has 4 rings (SSSR count). The third kappa shape index (κ3) is 5.60. The Morgan fingerprint density at radius 2 is 1.68 bits per heavy atom. The van der Waals surface area contributed by atoms with Gasteiger partial charge in [0.05, 0.1) is 5.56 Å². The maximum Gasteiger partial charge on any atom is 0.417 e. The smallest absolute Gasteiger partial charge is 0.417 e. The quantitative estimate of drug-likeness (QED) is 0.564. The summed E-state index contributed by atoms with van der Waals surface area (Å²) in [5, 5.41) is 0. The Bertz CT molecular complexity index is 1230. The van der Waals surface area contributed by atoms with E-state index in [1.54, 1.807) is 25.7 Å². The lowest BCUT2D eigenvalue weighted by Gasteiger charge is -2.35. The van der Waals surface area contributed by atoms with E-state index in [0.29, 0.717) is 5.82 Å². The van der Waals surface area contributed by atoms with Crippen molar-refractivity contribution >= 4 is 22.0 Å². The van der Waals surface area contributed by atoms with Gasteiger partial charge in [0.1, 0.15) is 17.0 Å². The normalized spacial score (nSPS) is 25.1. The van der Waals surface area contributed by atoms with Crippen LogP contribution in [0.1, 0.15) is 44.7 Å². The Morgan fingerprint density at radius 3 is 2.19 bits per heavy atom. The summed E-state index contributed by atoms with van der Waals surface area (Å²) < 4.78 is 75.0. The van der Waals surface area contributed by atoms with Crippen molar-refractivity contribution in [3.63, 3.8) is 0 Å². The Balaban J connectivity index is 1.50. The molecule has 2 heterocycles. The van der Waals surface area contributed by atoms with Crippen LogP contribution in [0.15, 0.2) is 48.7 Å². The molecule has 1 N–H and O–H groups in total. The van der Waals surface area contributed by atoms with Crippen molar-refractivity contribution in [2.45, 2.75) is 50.9 Å². The molecule has 2 aliphatic rings. The fraction of sp³-hybridized carbons (Fsp3) is 0.520. The standard InChI is InChI=1S/C25H31F3N4O4S/c1-17-21(18-8-6-5-7-9-18)24(17,22(33)36-23(2,3)4)30-37(34,35)32-14-12-31(13-15-32)20-11-10-19(16-29-20)25(26,27)28/h5-11,16-17,21,30H,12-15H2,1-4H3/t17?,21-,24+/m1/s1. The molecule has 0 bridgehead atoms. The van der Waals surface area contributed by atoms with E-state index in [1.807, 2.05) is 37.3 Å². The summed E-state index contributed by atoms with van der Waals surface area (Å²) in [5.41, 5.74) is -2.26. The average molecular weight is 541 g/mol. The van der Waals surface area contributed by atoms with Gasteiger partial charge >= 0.3 is 12.1 Å². The molecule has 3 atom stereocenters. The van der Waals surface area contributed by atoms with Crippen LogP contribution in [0.4, 0.5) is 19.0 Å². The molecule has 1 aromatic heterocycles. The van der Waals surface area contributed by atoms with Crippen LogP contribution in [-0.4, -0.2) is 61.0 Å². The van der Waals surface area contributed by atoms with Gasteiger partial charge in [-0.25, -0.2) is 9.78 Å². The molecule has 2 aromatic rings. The van der Waals surface area contributed by atoms with Crippen molar-refractivity contribution in [3.8, 4) is 0 Å². The number of nitrogens with zero attached hydrogens (tertiary/aromatic N) is 3. The number of piperazine rings is 1. The molecule has 12 heteroatoms. The summed E-state index contributed by atoms with van der Waals surface area (Å²) in [5.74, 6) is -1.02. The minimum absolute atomic E-state index is 0.0762. The number of aromatic nitrogens is 1. The van der Waals surface area contributed by atoms with Crippen LogP contribution in [0.5, 0.6) is 0 Å². The molecular weight excluding hydrogens is 509 g/mol. The molecule has 8 nitrogen and oxygen atoms in total. The molecule has 0 amide bonds. The Labute approximate surface area is 215 Å². The van der Waals surface area contributed by atoms with Gasteiger partial charge in [0, 0.05) is 38.3 Å². The summed E-state index contributed by atoms with van der Waals surface area (Å²) in [7, 11) is -4.10. The van der Waals surface area contributed by atoms with Crippen LogP contribution < -0.4 is 9.62 Å². The zero-order valence-corrected chi connectivity index (χ0v) is 21.9. The first kappa shape index (κ1) is 27.3. The lowest BCUT2D eigenvalue weighted by atomic mass is 10.1. The van der Waals surface area contributed by atoms with Crippen LogP contribution in [0, 0.1) is 5.92 Å². The number of hydrogen-bond acceptors (Lipinski definition) is 6. The first-order valence-electron chi connectivity index (χ1n) is 12.0.